The van der Waals surface area contributed by atoms with Gasteiger partial charge in [-0.1, -0.05) is 20.8 Å². The summed E-state index contributed by atoms with van der Waals surface area (Å²) >= 11 is 0. The van der Waals surface area contributed by atoms with E-state index in [9.17, 15) is 8.42 Å². The van der Waals surface area contributed by atoms with Crippen LogP contribution in [0.1, 0.15) is 26.3 Å². The van der Waals surface area contributed by atoms with E-state index in [0.717, 1.165) is 10.9 Å². The van der Waals surface area contributed by atoms with Crippen molar-refractivity contribution in [3.8, 4) is 28.7 Å². The highest BCUT2D eigenvalue weighted by molar-refractivity contribution is 7.92. The molecule has 4 aromatic rings. The van der Waals surface area contributed by atoms with Crippen LogP contribution in [0, 0.1) is 0 Å². The van der Waals surface area contributed by atoms with Crippen molar-refractivity contribution in [3.05, 3.63) is 72.4 Å². The molecule has 0 fully saturated rings. The molecule has 0 bridgehead atoms. The summed E-state index contributed by atoms with van der Waals surface area (Å²) in [4.78, 5) is 4.54. The predicted octanol–water partition coefficient (Wildman–Crippen LogP) is 6.15. The molecule has 0 aliphatic rings. The molecule has 0 aliphatic carbocycles. The molecule has 0 radical (unpaired) electrons. The third kappa shape index (κ3) is 5.56. The lowest BCUT2D eigenvalue weighted by Crippen LogP contribution is -2.17. The van der Waals surface area contributed by atoms with E-state index < -0.39 is 10.0 Å². The van der Waals surface area contributed by atoms with Crippen LogP contribution in [-0.4, -0.2) is 34.7 Å². The van der Waals surface area contributed by atoms with Gasteiger partial charge in [0.2, 0.25) is 0 Å². The zero-order chi connectivity index (χ0) is 26.8. The molecule has 0 saturated heterocycles. The Labute approximate surface area is 217 Å². The topological polar surface area (TPSA) is 96.0 Å². The molecule has 1 N–H and O–H groups in total. The summed E-state index contributed by atoms with van der Waals surface area (Å²) in [5, 5.41) is 0.749. The Bertz CT molecular complexity index is 1530. The number of hydrogen-bond donors (Lipinski definition) is 1. The van der Waals surface area contributed by atoms with Crippen molar-refractivity contribution in [3.63, 3.8) is 0 Å². The second-order valence-corrected chi connectivity index (χ2v) is 11.1. The summed E-state index contributed by atoms with van der Waals surface area (Å²) < 4.78 is 51.1. The first kappa shape index (κ1) is 26.1. The van der Waals surface area contributed by atoms with E-state index in [2.05, 4.69) is 9.71 Å². The Hall–Kier alpha value is -3.98. The molecule has 37 heavy (non-hydrogen) atoms. The lowest BCUT2D eigenvalue weighted by Gasteiger charge is -2.23. The Morgan fingerprint density at radius 1 is 0.757 bits per heavy atom. The van der Waals surface area contributed by atoms with E-state index in [4.69, 9.17) is 18.9 Å². The maximum Gasteiger partial charge on any atom is 0.261 e. The average molecular weight is 523 g/mol. The second kappa shape index (κ2) is 10.2. The van der Waals surface area contributed by atoms with Crippen LogP contribution in [0.5, 0.6) is 28.7 Å². The predicted molar refractivity (Wildman–Crippen MR) is 144 cm³/mol. The van der Waals surface area contributed by atoms with Gasteiger partial charge in [0.25, 0.3) is 10.0 Å². The molecule has 0 amide bonds. The lowest BCUT2D eigenvalue weighted by molar-refractivity contribution is 0.355. The van der Waals surface area contributed by atoms with Gasteiger partial charge in [-0.05, 0) is 60.0 Å². The number of aromatic nitrogens is 1. The summed E-state index contributed by atoms with van der Waals surface area (Å²) in [6.07, 6.45) is 1.65. The summed E-state index contributed by atoms with van der Waals surface area (Å²) in [5.41, 5.74) is 1.61. The number of hydrogen-bond acceptors (Lipinski definition) is 7. The van der Waals surface area contributed by atoms with Crippen LogP contribution in [0.15, 0.2) is 71.8 Å². The van der Waals surface area contributed by atoms with Gasteiger partial charge in [-0.25, -0.2) is 8.42 Å². The number of sulfonamides is 1. The highest BCUT2D eigenvalue weighted by Gasteiger charge is 2.23. The molecule has 8 nitrogen and oxygen atoms in total. The number of rotatable bonds is 8. The van der Waals surface area contributed by atoms with Crippen LogP contribution in [0.25, 0.3) is 10.9 Å². The van der Waals surface area contributed by atoms with Gasteiger partial charge < -0.3 is 18.9 Å². The van der Waals surface area contributed by atoms with Gasteiger partial charge in [0.1, 0.15) is 17.2 Å². The normalized spacial score (nSPS) is 11.7. The molecule has 0 atom stereocenters. The fraction of sp³-hybridized carbons (Fsp3) is 0.250. The molecule has 3 aromatic carbocycles. The molecule has 1 aromatic heterocycles. The minimum Gasteiger partial charge on any atom is -0.496 e. The summed E-state index contributed by atoms with van der Waals surface area (Å²) in [5.74, 6) is 2.89. The largest absolute Gasteiger partial charge is 0.496 e. The number of ether oxygens (including phenoxy) is 4. The fourth-order valence-corrected chi connectivity index (χ4v) is 4.99. The number of nitrogens with zero attached hydrogens (tertiary/aromatic N) is 1. The fourth-order valence-electron chi connectivity index (χ4n) is 3.91. The Kier molecular flexibility index (Phi) is 7.18. The Balaban J connectivity index is 1.57. The number of fused-ring (bicyclic) bond motifs is 1. The van der Waals surface area contributed by atoms with Crippen molar-refractivity contribution < 1.29 is 27.4 Å². The molecule has 9 heteroatoms. The number of anilines is 1. The summed E-state index contributed by atoms with van der Waals surface area (Å²) in [6.45, 7) is 6.02. The van der Waals surface area contributed by atoms with E-state index >= 15 is 0 Å². The van der Waals surface area contributed by atoms with Gasteiger partial charge in [0.05, 0.1) is 31.7 Å². The van der Waals surface area contributed by atoms with E-state index in [1.807, 2.05) is 20.8 Å². The molecule has 0 spiro atoms. The third-order valence-electron chi connectivity index (χ3n) is 5.83. The van der Waals surface area contributed by atoms with Crippen molar-refractivity contribution in [2.45, 2.75) is 31.1 Å². The van der Waals surface area contributed by atoms with Gasteiger partial charge in [0.15, 0.2) is 11.5 Å². The van der Waals surface area contributed by atoms with E-state index in [1.165, 1.54) is 6.07 Å². The van der Waals surface area contributed by atoms with Gasteiger partial charge in [-0.3, -0.25) is 9.71 Å². The quantitative estimate of drug-likeness (QED) is 0.296. The SMILES string of the molecule is COc1cc2nccc(Oc3ccc(NS(=O)(=O)c4ccc(OC)c(C(C)(C)C)c4)cc3)c2cc1OC. The van der Waals surface area contributed by atoms with Crippen molar-refractivity contribution >= 4 is 26.6 Å². The monoisotopic (exact) mass is 522 g/mol. The van der Waals surface area contributed by atoms with Crippen LogP contribution < -0.4 is 23.7 Å². The molecular formula is C28H30N2O6S. The van der Waals surface area contributed by atoms with Crippen LogP contribution in [-0.2, 0) is 15.4 Å². The van der Waals surface area contributed by atoms with Gasteiger partial charge in [-0.2, -0.15) is 0 Å². The standard InChI is InChI=1S/C28H30N2O6S/c1-28(2,3)22-15-20(11-12-25(22)33-4)37(31,32)30-18-7-9-19(10-8-18)36-24-13-14-29-23-17-27(35-6)26(34-5)16-21(23)24/h7-17,30H,1-6H3. The Morgan fingerprint density at radius 3 is 2.03 bits per heavy atom. The van der Waals surface area contributed by atoms with Crippen LogP contribution in [0.4, 0.5) is 5.69 Å². The average Bonchev–Trinajstić information content (AvgIpc) is 2.88. The smallest absolute Gasteiger partial charge is 0.261 e. The van der Waals surface area contributed by atoms with E-state index in [-0.39, 0.29) is 10.3 Å². The van der Waals surface area contributed by atoms with Crippen LogP contribution >= 0.6 is 0 Å². The van der Waals surface area contributed by atoms with Gasteiger partial charge in [-0.15, -0.1) is 0 Å². The zero-order valence-corrected chi connectivity index (χ0v) is 22.5. The van der Waals surface area contributed by atoms with Crippen LogP contribution in [0.2, 0.25) is 0 Å². The number of nitrogens with one attached hydrogen (secondary N) is 1. The number of benzene rings is 3. The molecule has 0 unspecified atom stereocenters. The first-order valence-electron chi connectivity index (χ1n) is 11.6. The van der Waals surface area contributed by atoms with E-state index in [0.29, 0.717) is 40.0 Å². The van der Waals surface area contributed by atoms with Crippen molar-refractivity contribution in [2.24, 2.45) is 0 Å². The van der Waals surface area contributed by atoms with Crippen molar-refractivity contribution in [1.82, 2.24) is 4.98 Å². The first-order chi connectivity index (χ1) is 17.6. The third-order valence-corrected chi connectivity index (χ3v) is 7.21. The maximum atomic E-state index is 13.1. The van der Waals surface area contributed by atoms with Crippen molar-refractivity contribution in [1.29, 1.82) is 0 Å². The maximum absolute atomic E-state index is 13.1. The summed E-state index contributed by atoms with van der Waals surface area (Å²) in [7, 11) is 0.889. The second-order valence-electron chi connectivity index (χ2n) is 9.38. The highest BCUT2D eigenvalue weighted by Crippen LogP contribution is 2.37. The van der Waals surface area contributed by atoms with E-state index in [1.54, 1.807) is 82.1 Å². The minimum atomic E-state index is -3.82. The molecule has 0 aliphatic heterocycles. The molecule has 4 rings (SSSR count). The minimum absolute atomic E-state index is 0.159. The lowest BCUT2D eigenvalue weighted by atomic mass is 9.86. The molecule has 1 heterocycles. The molecule has 194 valence electrons. The highest BCUT2D eigenvalue weighted by atomic mass is 32.2. The molecular weight excluding hydrogens is 492 g/mol. The number of pyridine rings is 1. The van der Waals surface area contributed by atoms with Gasteiger partial charge >= 0.3 is 0 Å². The first-order valence-corrected chi connectivity index (χ1v) is 13.0. The van der Waals surface area contributed by atoms with Crippen LogP contribution in [0.3, 0.4) is 0 Å². The Morgan fingerprint density at radius 2 is 1.41 bits per heavy atom. The van der Waals surface area contributed by atoms with Crippen molar-refractivity contribution in [2.75, 3.05) is 26.1 Å². The summed E-state index contributed by atoms with van der Waals surface area (Å²) in [6, 6.07) is 16.9. The van der Waals surface area contributed by atoms with Gasteiger partial charge in [0, 0.05) is 28.9 Å². The number of methoxy groups -OCH3 is 3. The zero-order valence-electron chi connectivity index (χ0n) is 21.7. The molecule has 0 saturated carbocycles.